The summed E-state index contributed by atoms with van der Waals surface area (Å²) in [5.41, 5.74) is 0.428. The van der Waals surface area contributed by atoms with Crippen LogP contribution in [0, 0.1) is 0 Å². The zero-order chi connectivity index (χ0) is 16.1. The minimum atomic E-state index is -4.35. The zero-order valence-corrected chi connectivity index (χ0v) is 12.5. The third kappa shape index (κ3) is 2.75. The zero-order valence-electron chi connectivity index (χ0n) is 11.0. The first-order valence-corrected chi connectivity index (χ1v) is 7.16. The van der Waals surface area contributed by atoms with Gasteiger partial charge in [-0.3, -0.25) is 0 Å². The third-order valence-corrected chi connectivity index (χ3v) is 4.43. The molecule has 1 aliphatic heterocycles. The summed E-state index contributed by atoms with van der Waals surface area (Å²) in [7, 11) is 0. The molecule has 1 aromatic carbocycles. The first kappa shape index (κ1) is 15.4. The van der Waals surface area contributed by atoms with Gasteiger partial charge in [0.15, 0.2) is 0 Å². The van der Waals surface area contributed by atoms with Crippen LogP contribution in [0.5, 0.6) is 5.75 Å². The summed E-state index contributed by atoms with van der Waals surface area (Å²) >= 11 is 12.1. The summed E-state index contributed by atoms with van der Waals surface area (Å²) in [6, 6.07) is 2.88. The van der Waals surface area contributed by atoms with Crippen LogP contribution in [0.15, 0.2) is 12.1 Å². The van der Waals surface area contributed by atoms with E-state index < -0.39 is 12.6 Å². The second-order valence-corrected chi connectivity index (χ2v) is 5.92. The van der Waals surface area contributed by atoms with E-state index in [0.717, 1.165) is 0 Å². The van der Waals surface area contributed by atoms with Gasteiger partial charge in [0.1, 0.15) is 23.8 Å². The van der Waals surface area contributed by atoms with Crippen molar-refractivity contribution >= 4 is 23.2 Å². The molecular weight excluding hydrogens is 342 g/mol. The molecule has 1 N–H and O–H groups in total. The number of fused-ring (bicyclic) bond motifs is 1. The molecule has 1 aromatic heterocycles. The van der Waals surface area contributed by atoms with Crippen LogP contribution in [-0.4, -0.2) is 26.0 Å². The molecule has 0 saturated heterocycles. The van der Waals surface area contributed by atoms with Gasteiger partial charge in [-0.05, 0) is 12.1 Å². The molecule has 22 heavy (non-hydrogen) atoms. The molecule has 118 valence electrons. The van der Waals surface area contributed by atoms with Crippen molar-refractivity contribution in [3.05, 3.63) is 39.4 Å². The predicted octanol–water partition coefficient (Wildman–Crippen LogP) is 3.74. The third-order valence-electron chi connectivity index (χ3n) is 3.61. The fraction of sp³-hybridized carbons (Fsp3) is 0.385. The van der Waals surface area contributed by atoms with Crippen LogP contribution in [-0.2, 0) is 19.4 Å². The van der Waals surface area contributed by atoms with Gasteiger partial charge in [-0.25, -0.2) is 0 Å². The lowest BCUT2D eigenvalue weighted by molar-refractivity contribution is -0.129. The number of phenolic OH excluding ortho intramolecular Hbond substituents is 1. The summed E-state index contributed by atoms with van der Waals surface area (Å²) in [5.74, 6) is -0.0125. The van der Waals surface area contributed by atoms with Crippen LogP contribution < -0.4 is 0 Å². The molecule has 0 amide bonds. The van der Waals surface area contributed by atoms with E-state index in [1.165, 1.54) is 16.7 Å². The van der Waals surface area contributed by atoms with Crippen molar-refractivity contribution < 1.29 is 18.3 Å². The SMILES string of the molecule is Oc1ccc(Cl)c(Cl)c1[C@@H]1Cc2nnc(CC(F)(F)F)n2C1. The lowest BCUT2D eigenvalue weighted by atomic mass is 9.96. The number of rotatable bonds is 2. The van der Waals surface area contributed by atoms with Gasteiger partial charge in [0.25, 0.3) is 0 Å². The number of halogens is 5. The molecule has 0 unspecified atom stereocenters. The Balaban J connectivity index is 1.91. The lowest BCUT2D eigenvalue weighted by Gasteiger charge is -2.15. The average molecular weight is 352 g/mol. The Kier molecular flexibility index (Phi) is 3.72. The maximum atomic E-state index is 12.5. The summed E-state index contributed by atoms with van der Waals surface area (Å²) in [4.78, 5) is 0. The molecule has 0 aliphatic carbocycles. The van der Waals surface area contributed by atoms with E-state index in [-0.39, 0.29) is 34.1 Å². The van der Waals surface area contributed by atoms with E-state index in [4.69, 9.17) is 23.2 Å². The van der Waals surface area contributed by atoms with Crippen LogP contribution in [0.4, 0.5) is 13.2 Å². The highest BCUT2D eigenvalue weighted by molar-refractivity contribution is 6.42. The Morgan fingerprint density at radius 1 is 1.27 bits per heavy atom. The first-order valence-electron chi connectivity index (χ1n) is 6.41. The molecule has 2 heterocycles. The second kappa shape index (κ2) is 5.31. The maximum absolute atomic E-state index is 12.5. The predicted molar refractivity (Wildman–Crippen MR) is 74.4 cm³/mol. The molecule has 9 heteroatoms. The minimum Gasteiger partial charge on any atom is -0.508 e. The van der Waals surface area contributed by atoms with Crippen LogP contribution in [0.2, 0.25) is 10.0 Å². The van der Waals surface area contributed by atoms with E-state index in [0.29, 0.717) is 17.8 Å². The van der Waals surface area contributed by atoms with Crippen LogP contribution in [0.3, 0.4) is 0 Å². The number of hydrogen-bond acceptors (Lipinski definition) is 3. The molecule has 1 aliphatic rings. The van der Waals surface area contributed by atoms with Crippen molar-refractivity contribution in [2.45, 2.75) is 31.5 Å². The average Bonchev–Trinajstić information content (AvgIpc) is 2.95. The molecule has 1 atom stereocenters. The van der Waals surface area contributed by atoms with Crippen molar-refractivity contribution in [1.29, 1.82) is 0 Å². The molecule has 0 saturated carbocycles. The molecule has 0 fully saturated rings. The molecule has 4 nitrogen and oxygen atoms in total. The number of nitrogens with zero attached hydrogens (tertiary/aromatic N) is 3. The van der Waals surface area contributed by atoms with Gasteiger partial charge in [0, 0.05) is 24.4 Å². The highest BCUT2D eigenvalue weighted by atomic mass is 35.5. The maximum Gasteiger partial charge on any atom is 0.396 e. The highest BCUT2D eigenvalue weighted by Crippen LogP contribution is 2.42. The number of alkyl halides is 3. The second-order valence-electron chi connectivity index (χ2n) is 5.13. The number of benzene rings is 1. The highest BCUT2D eigenvalue weighted by Gasteiger charge is 2.35. The Morgan fingerprint density at radius 2 is 2.00 bits per heavy atom. The normalized spacial score (nSPS) is 17.8. The molecule has 0 spiro atoms. The van der Waals surface area contributed by atoms with Crippen LogP contribution in [0.25, 0.3) is 0 Å². The largest absolute Gasteiger partial charge is 0.508 e. The molecule has 2 aromatic rings. The van der Waals surface area contributed by atoms with Crippen molar-refractivity contribution in [3.63, 3.8) is 0 Å². The topological polar surface area (TPSA) is 50.9 Å². The van der Waals surface area contributed by atoms with Gasteiger partial charge in [-0.15, -0.1) is 10.2 Å². The number of aromatic nitrogens is 3. The van der Waals surface area contributed by atoms with Crippen LogP contribution in [0.1, 0.15) is 23.1 Å². The fourth-order valence-corrected chi connectivity index (χ4v) is 3.17. The molecular formula is C13H10Cl2F3N3O. The molecule has 0 radical (unpaired) electrons. The number of phenols is 1. The van der Waals surface area contributed by atoms with Crippen molar-refractivity contribution in [2.75, 3.05) is 0 Å². The number of hydrogen-bond donors (Lipinski definition) is 1. The van der Waals surface area contributed by atoms with Gasteiger partial charge in [0.05, 0.1) is 10.0 Å². The Hall–Kier alpha value is -1.47. The van der Waals surface area contributed by atoms with Gasteiger partial charge in [-0.2, -0.15) is 13.2 Å². The van der Waals surface area contributed by atoms with Crippen molar-refractivity contribution in [2.24, 2.45) is 0 Å². The molecule has 3 rings (SSSR count). The van der Waals surface area contributed by atoms with E-state index in [9.17, 15) is 18.3 Å². The standard InChI is InChI=1S/C13H10Cl2F3N3O/c14-7-1-2-8(22)11(12(7)15)6-3-9-19-20-10(21(9)5-6)4-13(16,17)18/h1-2,6,22H,3-5H2/t6-/m1/s1. The quantitative estimate of drug-likeness (QED) is 0.896. The van der Waals surface area contributed by atoms with E-state index >= 15 is 0 Å². The Labute approximate surface area is 133 Å². The summed E-state index contributed by atoms with van der Waals surface area (Å²) in [6.45, 7) is 0.224. The smallest absolute Gasteiger partial charge is 0.396 e. The van der Waals surface area contributed by atoms with Crippen molar-refractivity contribution in [3.8, 4) is 5.75 Å². The summed E-state index contributed by atoms with van der Waals surface area (Å²) in [6.07, 6.45) is -5.14. The minimum absolute atomic E-state index is 0.0320. The number of aromatic hydroxyl groups is 1. The van der Waals surface area contributed by atoms with Gasteiger partial charge >= 0.3 is 6.18 Å². The fourth-order valence-electron chi connectivity index (χ4n) is 2.69. The first-order chi connectivity index (χ1) is 10.3. The van der Waals surface area contributed by atoms with Gasteiger partial charge in [-0.1, -0.05) is 23.2 Å². The summed E-state index contributed by atoms with van der Waals surface area (Å²) in [5, 5.41) is 17.9. The monoisotopic (exact) mass is 351 g/mol. The molecule has 0 bridgehead atoms. The van der Waals surface area contributed by atoms with Crippen LogP contribution >= 0.6 is 23.2 Å². The lowest BCUT2D eigenvalue weighted by Crippen LogP contribution is -2.16. The van der Waals surface area contributed by atoms with Crippen molar-refractivity contribution in [1.82, 2.24) is 14.8 Å². The van der Waals surface area contributed by atoms with Gasteiger partial charge < -0.3 is 9.67 Å². The van der Waals surface area contributed by atoms with E-state index in [1.54, 1.807) is 0 Å². The Bertz CT molecular complexity index is 730. The van der Waals surface area contributed by atoms with E-state index in [1.807, 2.05) is 0 Å². The van der Waals surface area contributed by atoms with E-state index in [2.05, 4.69) is 10.2 Å². The summed E-state index contributed by atoms with van der Waals surface area (Å²) < 4.78 is 39.0. The van der Waals surface area contributed by atoms with Gasteiger partial charge in [0.2, 0.25) is 0 Å². The Morgan fingerprint density at radius 3 is 2.68 bits per heavy atom.